The van der Waals surface area contributed by atoms with Crippen LogP contribution in [0.2, 0.25) is 0 Å². The second-order valence-electron chi connectivity index (χ2n) is 6.66. The van der Waals surface area contributed by atoms with Crippen LogP contribution in [0.4, 0.5) is 0 Å². The number of hydrogen-bond acceptors (Lipinski definition) is 3. The number of carboxylic acid groups (broad SMARTS) is 1. The molecule has 20 heavy (non-hydrogen) atoms. The monoisotopic (exact) mass is 280 g/mol. The van der Waals surface area contributed by atoms with Gasteiger partial charge in [0, 0.05) is 32.1 Å². The minimum absolute atomic E-state index is 0.261. The van der Waals surface area contributed by atoms with Crippen LogP contribution in [-0.2, 0) is 9.59 Å². The van der Waals surface area contributed by atoms with Gasteiger partial charge in [0.15, 0.2) is 0 Å². The molecule has 2 saturated carbocycles. The van der Waals surface area contributed by atoms with Gasteiger partial charge in [0.1, 0.15) is 6.04 Å². The second kappa shape index (κ2) is 5.35. The number of carbonyl (C=O) groups is 2. The van der Waals surface area contributed by atoms with Crippen LogP contribution < -0.4 is 0 Å². The average Bonchev–Trinajstić information content (AvgIpc) is 3.08. The SMILES string of the molecule is CC(C(=O)O)N1CCN(C(=O)C2CC3CCC2C3)CC1. The lowest BCUT2D eigenvalue weighted by Crippen LogP contribution is -2.54. The van der Waals surface area contributed by atoms with Crippen molar-refractivity contribution in [3.63, 3.8) is 0 Å². The van der Waals surface area contributed by atoms with Gasteiger partial charge in [-0.05, 0) is 38.0 Å². The fourth-order valence-corrected chi connectivity index (χ4v) is 4.27. The molecule has 3 rings (SSSR count). The quantitative estimate of drug-likeness (QED) is 0.839. The molecule has 0 aromatic carbocycles. The molecule has 0 radical (unpaired) electrons. The van der Waals surface area contributed by atoms with Crippen molar-refractivity contribution in [2.75, 3.05) is 26.2 Å². The van der Waals surface area contributed by atoms with E-state index in [-0.39, 0.29) is 5.92 Å². The molecule has 5 nitrogen and oxygen atoms in total. The van der Waals surface area contributed by atoms with Crippen molar-refractivity contribution in [3.8, 4) is 0 Å². The van der Waals surface area contributed by atoms with E-state index < -0.39 is 12.0 Å². The van der Waals surface area contributed by atoms with Crippen LogP contribution in [0.5, 0.6) is 0 Å². The molecule has 112 valence electrons. The largest absolute Gasteiger partial charge is 0.480 e. The third kappa shape index (κ3) is 2.43. The van der Waals surface area contributed by atoms with E-state index in [1.807, 2.05) is 9.80 Å². The fraction of sp³-hybridized carbons (Fsp3) is 0.867. The Bertz CT molecular complexity index is 404. The maximum Gasteiger partial charge on any atom is 0.320 e. The van der Waals surface area contributed by atoms with Gasteiger partial charge in [-0.1, -0.05) is 6.42 Å². The van der Waals surface area contributed by atoms with Crippen molar-refractivity contribution < 1.29 is 14.7 Å². The summed E-state index contributed by atoms with van der Waals surface area (Å²) in [6, 6.07) is -0.449. The molecule has 0 aromatic rings. The van der Waals surface area contributed by atoms with Crippen molar-refractivity contribution in [2.24, 2.45) is 17.8 Å². The predicted octanol–water partition coefficient (Wildman–Crippen LogP) is 1.04. The summed E-state index contributed by atoms with van der Waals surface area (Å²) < 4.78 is 0. The second-order valence-corrected chi connectivity index (χ2v) is 6.66. The van der Waals surface area contributed by atoms with Gasteiger partial charge in [-0.15, -0.1) is 0 Å². The molecular formula is C15H24N2O3. The lowest BCUT2D eigenvalue weighted by atomic mass is 9.87. The maximum atomic E-state index is 12.6. The average molecular weight is 280 g/mol. The van der Waals surface area contributed by atoms with Crippen molar-refractivity contribution in [1.82, 2.24) is 9.80 Å². The summed E-state index contributed by atoms with van der Waals surface area (Å²) in [4.78, 5) is 27.5. The Balaban J connectivity index is 1.53. The van der Waals surface area contributed by atoms with Gasteiger partial charge in [0.25, 0.3) is 0 Å². The van der Waals surface area contributed by atoms with Crippen molar-refractivity contribution in [3.05, 3.63) is 0 Å². The first-order valence-electron chi connectivity index (χ1n) is 7.82. The summed E-state index contributed by atoms with van der Waals surface area (Å²) in [6.07, 6.45) is 4.90. The number of rotatable bonds is 3. The highest BCUT2D eigenvalue weighted by Gasteiger charge is 2.44. The molecule has 2 aliphatic carbocycles. The Morgan fingerprint density at radius 1 is 1.10 bits per heavy atom. The van der Waals surface area contributed by atoms with E-state index in [0.29, 0.717) is 38.0 Å². The number of hydrogen-bond donors (Lipinski definition) is 1. The molecule has 4 unspecified atom stereocenters. The zero-order chi connectivity index (χ0) is 14.3. The topological polar surface area (TPSA) is 60.9 Å². The molecule has 1 saturated heterocycles. The highest BCUT2D eigenvalue weighted by atomic mass is 16.4. The molecule has 3 aliphatic rings. The van der Waals surface area contributed by atoms with Gasteiger partial charge in [0.2, 0.25) is 5.91 Å². The molecular weight excluding hydrogens is 256 g/mol. The molecule has 5 heteroatoms. The zero-order valence-corrected chi connectivity index (χ0v) is 12.1. The molecule has 0 aromatic heterocycles. The van der Waals surface area contributed by atoms with E-state index in [2.05, 4.69) is 0 Å². The van der Waals surface area contributed by atoms with Gasteiger partial charge in [-0.25, -0.2) is 0 Å². The van der Waals surface area contributed by atoms with Crippen molar-refractivity contribution >= 4 is 11.9 Å². The first-order chi connectivity index (χ1) is 9.56. The lowest BCUT2D eigenvalue weighted by Gasteiger charge is -2.38. The van der Waals surface area contributed by atoms with E-state index in [0.717, 1.165) is 12.3 Å². The summed E-state index contributed by atoms with van der Waals surface area (Å²) in [5.41, 5.74) is 0. The van der Waals surface area contributed by atoms with Crippen LogP contribution >= 0.6 is 0 Å². The molecule has 4 atom stereocenters. The first-order valence-corrected chi connectivity index (χ1v) is 7.82. The highest BCUT2D eigenvalue weighted by Crippen LogP contribution is 2.48. The number of carbonyl (C=O) groups excluding carboxylic acids is 1. The van der Waals surface area contributed by atoms with Crippen LogP contribution in [0.25, 0.3) is 0 Å². The molecule has 1 amide bonds. The Hall–Kier alpha value is -1.10. The Labute approximate surface area is 119 Å². The summed E-state index contributed by atoms with van der Waals surface area (Å²) in [6.45, 7) is 4.45. The van der Waals surface area contributed by atoms with Gasteiger partial charge in [-0.2, -0.15) is 0 Å². The third-order valence-electron chi connectivity index (χ3n) is 5.59. The predicted molar refractivity (Wildman–Crippen MR) is 74.2 cm³/mol. The van der Waals surface area contributed by atoms with Gasteiger partial charge in [0.05, 0.1) is 0 Å². The maximum absolute atomic E-state index is 12.6. The van der Waals surface area contributed by atoms with Gasteiger partial charge < -0.3 is 10.0 Å². The molecule has 1 N–H and O–H groups in total. The van der Waals surface area contributed by atoms with E-state index in [4.69, 9.17) is 5.11 Å². The molecule has 3 fully saturated rings. The first kappa shape index (κ1) is 13.9. The number of piperazine rings is 1. The molecule has 1 aliphatic heterocycles. The summed E-state index contributed by atoms with van der Waals surface area (Å²) in [5, 5.41) is 9.03. The van der Waals surface area contributed by atoms with Crippen LogP contribution in [0.1, 0.15) is 32.6 Å². The normalized spacial score (nSPS) is 35.2. The number of amides is 1. The van der Waals surface area contributed by atoms with E-state index >= 15 is 0 Å². The zero-order valence-electron chi connectivity index (χ0n) is 12.1. The molecule has 2 bridgehead atoms. The number of carboxylic acids is 1. The lowest BCUT2D eigenvalue weighted by molar-refractivity contribution is -0.145. The Morgan fingerprint density at radius 3 is 2.30 bits per heavy atom. The minimum atomic E-state index is -0.780. The van der Waals surface area contributed by atoms with Gasteiger partial charge in [-0.3, -0.25) is 14.5 Å². The fourth-order valence-electron chi connectivity index (χ4n) is 4.27. The van der Waals surface area contributed by atoms with Gasteiger partial charge >= 0.3 is 5.97 Å². The van der Waals surface area contributed by atoms with E-state index in [1.54, 1.807) is 6.92 Å². The Morgan fingerprint density at radius 2 is 1.80 bits per heavy atom. The minimum Gasteiger partial charge on any atom is -0.480 e. The smallest absolute Gasteiger partial charge is 0.320 e. The summed E-state index contributed by atoms with van der Waals surface area (Å²) in [7, 11) is 0. The molecule has 1 heterocycles. The third-order valence-corrected chi connectivity index (χ3v) is 5.59. The summed E-state index contributed by atoms with van der Waals surface area (Å²) >= 11 is 0. The number of fused-ring (bicyclic) bond motifs is 2. The van der Waals surface area contributed by atoms with Crippen LogP contribution in [0.3, 0.4) is 0 Å². The van der Waals surface area contributed by atoms with Crippen molar-refractivity contribution in [2.45, 2.75) is 38.6 Å². The van der Waals surface area contributed by atoms with E-state index in [9.17, 15) is 9.59 Å². The van der Waals surface area contributed by atoms with E-state index in [1.165, 1.54) is 19.3 Å². The van der Waals surface area contributed by atoms with Crippen LogP contribution in [0, 0.1) is 17.8 Å². The Kier molecular flexibility index (Phi) is 3.71. The molecule has 0 spiro atoms. The highest BCUT2D eigenvalue weighted by molar-refractivity contribution is 5.80. The van der Waals surface area contributed by atoms with Crippen LogP contribution in [-0.4, -0.2) is 59.0 Å². The van der Waals surface area contributed by atoms with Crippen LogP contribution in [0.15, 0.2) is 0 Å². The van der Waals surface area contributed by atoms with Crippen molar-refractivity contribution in [1.29, 1.82) is 0 Å². The standard InChI is InChI=1S/C15H24N2O3/c1-10(15(19)20)16-4-6-17(7-5-16)14(18)13-9-11-2-3-12(13)8-11/h10-13H,2-9H2,1H3,(H,19,20). The number of aliphatic carboxylic acids is 1. The number of nitrogens with zero attached hydrogens (tertiary/aromatic N) is 2. The summed E-state index contributed by atoms with van der Waals surface area (Å²) in [5.74, 6) is 1.24.